The number of nitriles is 1. The number of hydrogen-bond donors (Lipinski definition) is 2. The third-order valence-corrected chi connectivity index (χ3v) is 8.11. The summed E-state index contributed by atoms with van der Waals surface area (Å²) in [5.41, 5.74) is -0.545. The number of hydrogen-bond acceptors (Lipinski definition) is 7. The minimum Gasteiger partial charge on any atom is -0.444 e. The first-order chi connectivity index (χ1) is 15.5. The van der Waals surface area contributed by atoms with Crippen LogP contribution >= 0.6 is 11.8 Å². The van der Waals surface area contributed by atoms with Gasteiger partial charge in [0.15, 0.2) is 9.84 Å². The number of ether oxygens (including phenoxy) is 1. The molecule has 0 radical (unpaired) electrons. The fourth-order valence-corrected chi connectivity index (χ4v) is 6.24. The van der Waals surface area contributed by atoms with Gasteiger partial charge < -0.3 is 15.4 Å². The summed E-state index contributed by atoms with van der Waals surface area (Å²) in [6, 6.07) is 8.57. The van der Waals surface area contributed by atoms with Gasteiger partial charge in [-0.1, -0.05) is 12.8 Å². The average Bonchev–Trinajstić information content (AvgIpc) is 2.74. The maximum Gasteiger partial charge on any atom is 0.407 e. The van der Waals surface area contributed by atoms with Crippen molar-refractivity contribution in [3.05, 3.63) is 24.3 Å². The van der Waals surface area contributed by atoms with Gasteiger partial charge in [-0.15, -0.1) is 11.8 Å². The Balaban J connectivity index is 1.90. The van der Waals surface area contributed by atoms with E-state index in [4.69, 9.17) is 10.00 Å². The van der Waals surface area contributed by atoms with Crippen LogP contribution in [0.1, 0.15) is 46.5 Å². The van der Waals surface area contributed by atoms with E-state index in [0.717, 1.165) is 17.7 Å². The second kappa shape index (κ2) is 12.3. The van der Waals surface area contributed by atoms with Gasteiger partial charge >= 0.3 is 6.09 Å². The Bertz CT molecular complexity index is 950. The van der Waals surface area contributed by atoms with Crippen molar-refractivity contribution in [1.82, 2.24) is 10.6 Å². The molecule has 2 amide bonds. The Morgan fingerprint density at radius 1 is 1.15 bits per heavy atom. The molecule has 2 N–H and O–H groups in total. The summed E-state index contributed by atoms with van der Waals surface area (Å²) in [6.45, 7) is 5.76. The van der Waals surface area contributed by atoms with Crippen LogP contribution < -0.4 is 10.6 Å². The third kappa shape index (κ3) is 9.26. The van der Waals surface area contributed by atoms with Crippen molar-refractivity contribution < 1.29 is 22.7 Å². The van der Waals surface area contributed by atoms with Crippen LogP contribution in [0.15, 0.2) is 34.1 Å². The summed E-state index contributed by atoms with van der Waals surface area (Å²) in [5.74, 6) is -0.329. The number of carbonyl (C=O) groups excluding carboxylic acids is 2. The molecule has 10 heteroatoms. The van der Waals surface area contributed by atoms with Crippen LogP contribution in [0.2, 0.25) is 0 Å². The lowest BCUT2D eigenvalue weighted by molar-refractivity contribution is -0.127. The maximum atomic E-state index is 13.0. The standard InChI is InChI=1S/C23H33N3O5S2/c1-23(2,3)31-22(28)26-14-15-32-18-8-10-19(11-9-18)33(29,30)16-17-6-4-5-7-20(17)21(27)25-13-12-24/h8-11,17,20H,4-7,13-16H2,1-3H3,(H,25,27)(H,26,28). The molecule has 33 heavy (non-hydrogen) atoms. The minimum atomic E-state index is -3.55. The molecular formula is C23H33N3O5S2. The van der Waals surface area contributed by atoms with E-state index in [9.17, 15) is 18.0 Å². The molecule has 1 aromatic rings. The van der Waals surface area contributed by atoms with E-state index < -0.39 is 21.5 Å². The quantitative estimate of drug-likeness (QED) is 0.305. The van der Waals surface area contributed by atoms with Gasteiger partial charge in [-0.05, 0) is 63.8 Å². The van der Waals surface area contributed by atoms with Gasteiger partial charge in [0.2, 0.25) is 5.91 Å². The first-order valence-electron chi connectivity index (χ1n) is 11.1. The lowest BCUT2D eigenvalue weighted by atomic mass is 9.80. The van der Waals surface area contributed by atoms with E-state index in [1.165, 1.54) is 11.8 Å². The highest BCUT2D eigenvalue weighted by molar-refractivity contribution is 7.99. The molecule has 0 saturated heterocycles. The summed E-state index contributed by atoms with van der Waals surface area (Å²) < 4.78 is 31.2. The van der Waals surface area contributed by atoms with Gasteiger partial charge in [0.05, 0.1) is 16.7 Å². The molecule has 182 valence electrons. The summed E-state index contributed by atoms with van der Waals surface area (Å²) in [7, 11) is -3.55. The van der Waals surface area contributed by atoms with E-state index >= 15 is 0 Å². The number of nitrogens with one attached hydrogen (secondary N) is 2. The van der Waals surface area contributed by atoms with Crippen molar-refractivity contribution >= 4 is 33.6 Å². The number of carbonyl (C=O) groups is 2. The Morgan fingerprint density at radius 2 is 1.82 bits per heavy atom. The van der Waals surface area contributed by atoms with E-state index in [0.29, 0.717) is 25.1 Å². The molecule has 1 aliphatic carbocycles. The molecular weight excluding hydrogens is 462 g/mol. The molecule has 1 aromatic carbocycles. The summed E-state index contributed by atoms with van der Waals surface area (Å²) in [5, 5.41) is 13.9. The number of rotatable bonds is 9. The normalized spacial score (nSPS) is 18.7. The number of amides is 2. The molecule has 0 heterocycles. The van der Waals surface area contributed by atoms with Crippen molar-refractivity contribution in [3.63, 3.8) is 0 Å². The SMILES string of the molecule is CC(C)(C)OC(=O)NCCSc1ccc(S(=O)(=O)CC2CCCCC2C(=O)NCC#N)cc1. The molecule has 2 rings (SSSR count). The fraction of sp³-hybridized carbons (Fsp3) is 0.609. The summed E-state index contributed by atoms with van der Waals surface area (Å²) in [6.07, 6.45) is 2.64. The number of alkyl carbamates (subject to hydrolysis) is 1. The molecule has 8 nitrogen and oxygen atoms in total. The molecule has 0 aliphatic heterocycles. The highest BCUT2D eigenvalue weighted by atomic mass is 32.2. The molecule has 2 unspecified atom stereocenters. The van der Waals surface area contributed by atoms with E-state index in [-0.39, 0.29) is 34.9 Å². The van der Waals surface area contributed by atoms with Crippen LogP contribution in [-0.4, -0.2) is 50.6 Å². The van der Waals surface area contributed by atoms with Crippen LogP contribution in [-0.2, 0) is 19.4 Å². The zero-order valence-electron chi connectivity index (χ0n) is 19.4. The molecule has 0 aromatic heterocycles. The summed E-state index contributed by atoms with van der Waals surface area (Å²) >= 11 is 1.50. The fourth-order valence-electron chi connectivity index (χ4n) is 3.77. The second-order valence-electron chi connectivity index (χ2n) is 9.06. The molecule has 2 atom stereocenters. The first-order valence-corrected chi connectivity index (χ1v) is 13.7. The highest BCUT2D eigenvalue weighted by Gasteiger charge is 2.34. The van der Waals surface area contributed by atoms with Crippen molar-refractivity contribution in [2.24, 2.45) is 11.8 Å². The zero-order chi connectivity index (χ0) is 24.5. The Labute approximate surface area is 200 Å². The van der Waals surface area contributed by atoms with Crippen molar-refractivity contribution in [3.8, 4) is 6.07 Å². The highest BCUT2D eigenvalue weighted by Crippen LogP contribution is 2.33. The number of thioether (sulfide) groups is 1. The number of sulfone groups is 1. The lowest BCUT2D eigenvalue weighted by Crippen LogP contribution is -2.39. The van der Waals surface area contributed by atoms with E-state index in [1.54, 1.807) is 45.0 Å². The molecule has 0 spiro atoms. The minimum absolute atomic E-state index is 0.0682. The largest absolute Gasteiger partial charge is 0.444 e. The maximum absolute atomic E-state index is 13.0. The van der Waals surface area contributed by atoms with Gasteiger partial charge in [0.1, 0.15) is 12.1 Å². The van der Waals surface area contributed by atoms with Crippen molar-refractivity contribution in [2.45, 2.75) is 61.8 Å². The lowest BCUT2D eigenvalue weighted by Gasteiger charge is -2.30. The van der Waals surface area contributed by atoms with Gasteiger partial charge in [0.25, 0.3) is 0 Å². The summed E-state index contributed by atoms with van der Waals surface area (Å²) in [4.78, 5) is 25.2. The molecule has 1 fully saturated rings. The van der Waals surface area contributed by atoms with E-state index in [2.05, 4.69) is 10.6 Å². The second-order valence-corrected chi connectivity index (χ2v) is 12.3. The molecule has 1 saturated carbocycles. The van der Waals surface area contributed by atoms with Crippen LogP contribution in [0.4, 0.5) is 4.79 Å². The third-order valence-electron chi connectivity index (χ3n) is 5.24. The molecule has 0 bridgehead atoms. The topological polar surface area (TPSA) is 125 Å². The zero-order valence-corrected chi connectivity index (χ0v) is 21.1. The number of nitrogens with zero attached hydrogens (tertiary/aromatic N) is 1. The van der Waals surface area contributed by atoms with Crippen LogP contribution in [0, 0.1) is 23.2 Å². The monoisotopic (exact) mass is 495 g/mol. The Kier molecular flexibility index (Phi) is 10.0. The average molecular weight is 496 g/mol. The van der Waals surface area contributed by atoms with Gasteiger partial charge in [-0.25, -0.2) is 13.2 Å². The number of benzene rings is 1. The van der Waals surface area contributed by atoms with Crippen LogP contribution in [0.25, 0.3) is 0 Å². The smallest absolute Gasteiger partial charge is 0.407 e. The molecule has 1 aliphatic rings. The van der Waals surface area contributed by atoms with Crippen LogP contribution in [0.5, 0.6) is 0 Å². The van der Waals surface area contributed by atoms with Crippen LogP contribution in [0.3, 0.4) is 0 Å². The van der Waals surface area contributed by atoms with Gasteiger partial charge in [-0.3, -0.25) is 4.79 Å². The van der Waals surface area contributed by atoms with Crippen molar-refractivity contribution in [2.75, 3.05) is 24.6 Å². The Morgan fingerprint density at radius 3 is 2.45 bits per heavy atom. The predicted octanol–water partition coefficient (Wildman–Crippen LogP) is 3.52. The predicted molar refractivity (Wildman–Crippen MR) is 128 cm³/mol. The van der Waals surface area contributed by atoms with Gasteiger partial charge in [-0.2, -0.15) is 5.26 Å². The Hall–Kier alpha value is -2.25. The van der Waals surface area contributed by atoms with Gasteiger partial charge in [0, 0.05) is 23.1 Å². The van der Waals surface area contributed by atoms with E-state index in [1.807, 2.05) is 6.07 Å². The van der Waals surface area contributed by atoms with Crippen molar-refractivity contribution in [1.29, 1.82) is 5.26 Å². The first kappa shape index (κ1) is 27.0.